The predicted molar refractivity (Wildman–Crippen MR) is 205 cm³/mol. The van der Waals surface area contributed by atoms with E-state index < -0.39 is 36.7 Å². The number of methoxy groups -OCH3 is 1. The molecule has 0 spiro atoms. The number of aromatic carboxylic acids is 1. The molecule has 13 nitrogen and oxygen atoms in total. The molecule has 296 valence electrons. The summed E-state index contributed by atoms with van der Waals surface area (Å²) in [5.41, 5.74) is 3.70. The number of phenols is 1. The minimum atomic E-state index is -1.13. The summed E-state index contributed by atoms with van der Waals surface area (Å²) in [5, 5.41) is 27.5. The number of benzene rings is 4. The van der Waals surface area contributed by atoms with E-state index in [4.69, 9.17) is 33.2 Å². The van der Waals surface area contributed by atoms with Gasteiger partial charge in [0.15, 0.2) is 6.29 Å². The predicted octanol–water partition coefficient (Wildman–Crippen LogP) is 6.58. The topological polar surface area (TPSA) is 153 Å². The number of unbranched alkanes of at least 4 members (excludes halogenated alkanes) is 2. The third kappa shape index (κ3) is 12.2. The van der Waals surface area contributed by atoms with Crippen LogP contribution in [0.3, 0.4) is 0 Å². The second-order valence-corrected chi connectivity index (χ2v) is 13.5. The number of carboxylic acids is 1. The van der Waals surface area contributed by atoms with Crippen LogP contribution in [0.4, 0.5) is 0 Å². The van der Waals surface area contributed by atoms with Gasteiger partial charge in [-0.05, 0) is 48.1 Å². The number of aromatic nitrogens is 3. The highest BCUT2D eigenvalue weighted by atomic mass is 16.7. The summed E-state index contributed by atoms with van der Waals surface area (Å²) in [7, 11) is 1.60. The summed E-state index contributed by atoms with van der Waals surface area (Å²) >= 11 is 0. The molecule has 0 radical (unpaired) electrons. The van der Waals surface area contributed by atoms with Gasteiger partial charge < -0.3 is 43.4 Å². The second kappa shape index (κ2) is 21.2. The van der Waals surface area contributed by atoms with Gasteiger partial charge in [-0.25, -0.2) is 4.79 Å². The van der Waals surface area contributed by atoms with Crippen molar-refractivity contribution in [3.05, 3.63) is 143 Å². The Bertz CT molecular complexity index is 1900. The standard InChI is InChI=1S/C43H49N3O10/c1-50-43-41(55-28-33-18-10-4-11-19-33)40(54-27-32-16-8-3-9-17-32)39(53-26-31-14-6-2-7-15-31)38(56-43)30-51-29-35-25-46(45-44-35)20-12-5-13-21-52-37-23-34(42(48)49)22-36(47)24-37/h2-4,6-11,14-19,22-25,38-41,43,47H,5,12-13,20-21,26-30H2,1H3,(H,48,49)/t38-,39-,40+,41-,43+/m1/s1. The summed E-state index contributed by atoms with van der Waals surface area (Å²) in [6.45, 7) is 2.45. The molecule has 4 aromatic carbocycles. The SMILES string of the molecule is CO[C@H]1O[C@H](COCc2cn(CCCCCOc3cc(O)cc(C(=O)O)c3)nn2)[C@@H](OCc2ccccc2)[C@H](OCc2ccccc2)[C@H]1OCc1ccccc1. The first kappa shape index (κ1) is 40.5. The number of hydrogen-bond donors (Lipinski definition) is 2. The average molecular weight is 768 g/mol. The maximum Gasteiger partial charge on any atom is 0.335 e. The highest BCUT2D eigenvalue weighted by Crippen LogP contribution is 2.31. The quantitative estimate of drug-likeness (QED) is 0.0733. The molecule has 1 saturated heterocycles. The molecule has 1 aliphatic heterocycles. The third-order valence-electron chi connectivity index (χ3n) is 9.24. The van der Waals surface area contributed by atoms with Gasteiger partial charge in [0, 0.05) is 19.7 Å². The summed E-state index contributed by atoms with van der Waals surface area (Å²) in [4.78, 5) is 11.2. The van der Waals surface area contributed by atoms with Crippen molar-refractivity contribution in [1.82, 2.24) is 15.0 Å². The van der Waals surface area contributed by atoms with Crippen LogP contribution in [0.25, 0.3) is 0 Å². The Hall–Kier alpha value is -5.15. The summed E-state index contributed by atoms with van der Waals surface area (Å²) in [5.74, 6) is -0.957. The van der Waals surface area contributed by atoms with Gasteiger partial charge in [0.05, 0.1) is 51.4 Å². The van der Waals surface area contributed by atoms with E-state index in [2.05, 4.69) is 10.3 Å². The first-order valence-electron chi connectivity index (χ1n) is 18.8. The monoisotopic (exact) mass is 767 g/mol. The Balaban J connectivity index is 1.05. The summed E-state index contributed by atoms with van der Waals surface area (Å²) in [6.07, 6.45) is 1.23. The first-order chi connectivity index (χ1) is 27.4. The van der Waals surface area contributed by atoms with Crippen LogP contribution in [0.1, 0.15) is 52.0 Å². The maximum absolute atomic E-state index is 11.2. The van der Waals surface area contributed by atoms with Gasteiger partial charge in [0.2, 0.25) is 0 Å². The molecule has 0 aliphatic carbocycles. The van der Waals surface area contributed by atoms with Crippen LogP contribution in [0.5, 0.6) is 11.5 Å². The van der Waals surface area contributed by atoms with E-state index in [-0.39, 0.29) is 24.5 Å². The van der Waals surface area contributed by atoms with E-state index in [1.165, 1.54) is 18.2 Å². The van der Waals surface area contributed by atoms with Crippen LogP contribution in [-0.4, -0.2) is 82.2 Å². The number of carbonyl (C=O) groups is 1. The summed E-state index contributed by atoms with van der Waals surface area (Å²) < 4.78 is 45.9. The van der Waals surface area contributed by atoms with Crippen molar-refractivity contribution in [2.45, 2.75) is 82.9 Å². The molecule has 2 N–H and O–H groups in total. The molecular formula is C43H49N3O10. The smallest absolute Gasteiger partial charge is 0.335 e. The molecule has 56 heavy (non-hydrogen) atoms. The van der Waals surface area contributed by atoms with Crippen molar-refractivity contribution >= 4 is 5.97 Å². The van der Waals surface area contributed by atoms with Crippen molar-refractivity contribution in [2.24, 2.45) is 0 Å². The van der Waals surface area contributed by atoms with Crippen molar-refractivity contribution in [3.63, 3.8) is 0 Å². The maximum atomic E-state index is 11.2. The fraction of sp³-hybridized carbons (Fsp3) is 0.372. The lowest BCUT2D eigenvalue weighted by Crippen LogP contribution is -2.61. The van der Waals surface area contributed by atoms with Crippen molar-refractivity contribution < 1.29 is 48.2 Å². The fourth-order valence-corrected chi connectivity index (χ4v) is 6.40. The largest absolute Gasteiger partial charge is 0.508 e. The molecule has 13 heteroatoms. The molecule has 0 amide bonds. The molecular weight excluding hydrogens is 718 g/mol. The van der Waals surface area contributed by atoms with E-state index in [1.807, 2.05) is 97.2 Å². The van der Waals surface area contributed by atoms with Gasteiger partial charge in [0.1, 0.15) is 41.6 Å². The molecule has 1 aliphatic rings. The molecule has 5 aromatic rings. The van der Waals surface area contributed by atoms with Crippen LogP contribution in [0, 0.1) is 0 Å². The molecule has 0 saturated carbocycles. The Morgan fingerprint density at radius 1 is 0.750 bits per heavy atom. The Morgan fingerprint density at radius 2 is 1.36 bits per heavy atom. The van der Waals surface area contributed by atoms with Gasteiger partial charge in [-0.3, -0.25) is 4.68 Å². The third-order valence-corrected chi connectivity index (χ3v) is 9.24. The zero-order chi connectivity index (χ0) is 39.0. The molecule has 0 bridgehead atoms. The van der Waals surface area contributed by atoms with Gasteiger partial charge in [-0.2, -0.15) is 0 Å². The molecule has 5 atom stereocenters. The summed E-state index contributed by atoms with van der Waals surface area (Å²) in [6, 6.07) is 33.9. The number of nitrogens with zero attached hydrogens (tertiary/aromatic N) is 3. The molecule has 2 heterocycles. The van der Waals surface area contributed by atoms with Gasteiger partial charge in [0.25, 0.3) is 0 Å². The van der Waals surface area contributed by atoms with Crippen molar-refractivity contribution in [2.75, 3.05) is 20.3 Å². The number of carboxylic acid groups (broad SMARTS) is 1. The second-order valence-electron chi connectivity index (χ2n) is 13.5. The lowest BCUT2D eigenvalue weighted by atomic mass is 9.97. The zero-order valence-electron chi connectivity index (χ0n) is 31.4. The molecule has 6 rings (SSSR count). The molecule has 1 aromatic heterocycles. The zero-order valence-corrected chi connectivity index (χ0v) is 31.4. The van der Waals surface area contributed by atoms with Crippen molar-refractivity contribution in [3.8, 4) is 11.5 Å². The van der Waals surface area contributed by atoms with E-state index in [1.54, 1.807) is 11.8 Å². The highest BCUT2D eigenvalue weighted by molar-refractivity contribution is 5.88. The lowest BCUT2D eigenvalue weighted by molar-refractivity contribution is -0.323. The number of phenolic OH excluding ortho intramolecular Hbond substituents is 1. The fourth-order valence-electron chi connectivity index (χ4n) is 6.40. The van der Waals surface area contributed by atoms with E-state index in [0.29, 0.717) is 44.4 Å². The number of hydrogen-bond acceptors (Lipinski definition) is 11. The van der Waals surface area contributed by atoms with Crippen molar-refractivity contribution in [1.29, 1.82) is 0 Å². The number of aromatic hydroxyl groups is 1. The van der Waals surface area contributed by atoms with Gasteiger partial charge >= 0.3 is 5.97 Å². The van der Waals surface area contributed by atoms with E-state index >= 15 is 0 Å². The Morgan fingerprint density at radius 3 is 1.96 bits per heavy atom. The van der Waals surface area contributed by atoms with Crippen LogP contribution in [0.15, 0.2) is 115 Å². The average Bonchev–Trinajstić information content (AvgIpc) is 3.68. The normalized spacial score (nSPS) is 19.5. The Kier molecular flexibility index (Phi) is 15.4. The van der Waals surface area contributed by atoms with Crippen LogP contribution in [-0.2, 0) is 61.4 Å². The lowest BCUT2D eigenvalue weighted by Gasteiger charge is -2.45. The van der Waals surface area contributed by atoms with Crippen LogP contribution >= 0.6 is 0 Å². The van der Waals surface area contributed by atoms with Crippen LogP contribution < -0.4 is 4.74 Å². The molecule has 0 unspecified atom stereocenters. The van der Waals surface area contributed by atoms with E-state index in [9.17, 15) is 15.0 Å². The van der Waals surface area contributed by atoms with Gasteiger partial charge in [-0.15, -0.1) is 5.10 Å². The number of rotatable bonds is 22. The molecule has 1 fully saturated rings. The first-order valence-corrected chi connectivity index (χ1v) is 18.8. The number of aryl methyl sites for hydroxylation is 1. The Labute approximate surface area is 326 Å². The number of ether oxygens (including phenoxy) is 7. The minimum Gasteiger partial charge on any atom is -0.508 e. The minimum absolute atomic E-state index is 0.0255. The van der Waals surface area contributed by atoms with E-state index in [0.717, 1.165) is 36.0 Å². The highest BCUT2D eigenvalue weighted by Gasteiger charge is 2.48. The van der Waals surface area contributed by atoms with Gasteiger partial charge in [-0.1, -0.05) is 96.2 Å². The van der Waals surface area contributed by atoms with Crippen LogP contribution in [0.2, 0.25) is 0 Å².